The highest BCUT2D eigenvalue weighted by atomic mass is 35.5. The van der Waals surface area contributed by atoms with Crippen LogP contribution in [0.25, 0.3) is 0 Å². The fourth-order valence-corrected chi connectivity index (χ4v) is 1.65. The summed E-state index contributed by atoms with van der Waals surface area (Å²) in [6.45, 7) is 1.05. The summed E-state index contributed by atoms with van der Waals surface area (Å²) >= 11 is 0. The molecule has 1 saturated carbocycles. The van der Waals surface area contributed by atoms with Crippen LogP contribution in [0.15, 0.2) is 0 Å². The third kappa shape index (κ3) is 1.94. The smallest absolute Gasteiger partial charge is 0.150 e. The molecule has 1 heterocycles. The molecule has 0 aromatic heterocycles. The van der Waals surface area contributed by atoms with Gasteiger partial charge < -0.3 is 5.32 Å². The van der Waals surface area contributed by atoms with Gasteiger partial charge >= 0.3 is 0 Å². The summed E-state index contributed by atoms with van der Waals surface area (Å²) in [4.78, 5) is 11.2. The monoisotopic (exact) mass is 175 g/mol. The molecule has 1 aliphatic carbocycles. The van der Waals surface area contributed by atoms with E-state index in [4.69, 9.17) is 0 Å². The average molecular weight is 176 g/mol. The van der Waals surface area contributed by atoms with Crippen molar-refractivity contribution in [1.29, 1.82) is 0 Å². The maximum absolute atomic E-state index is 11.2. The Bertz CT molecular complexity index is 156. The van der Waals surface area contributed by atoms with E-state index in [-0.39, 0.29) is 18.4 Å². The van der Waals surface area contributed by atoms with Crippen molar-refractivity contribution in [2.75, 3.05) is 6.54 Å². The van der Waals surface area contributed by atoms with E-state index in [0.717, 1.165) is 19.4 Å². The second-order valence-corrected chi connectivity index (χ2v) is 3.34. The Labute approximate surface area is 73.1 Å². The fourth-order valence-electron chi connectivity index (χ4n) is 1.65. The predicted octanol–water partition coefficient (Wildman–Crippen LogP) is 1.14. The molecule has 0 aromatic carbocycles. The molecule has 0 bridgehead atoms. The lowest BCUT2D eigenvalue weighted by atomic mass is 9.99. The zero-order valence-corrected chi connectivity index (χ0v) is 7.32. The molecule has 11 heavy (non-hydrogen) atoms. The standard InChI is InChI=1S/C8H13NO.ClH/c10-7-2-1-5-9-8(7)6-3-4-6;/h6,8-9H,1-5H2;1H. The van der Waals surface area contributed by atoms with Gasteiger partial charge in [0.25, 0.3) is 0 Å². The molecule has 0 aromatic rings. The van der Waals surface area contributed by atoms with Crippen LogP contribution in [0.1, 0.15) is 25.7 Å². The fraction of sp³-hybridized carbons (Fsp3) is 0.875. The molecule has 1 atom stereocenters. The van der Waals surface area contributed by atoms with Crippen LogP contribution in [0.5, 0.6) is 0 Å². The van der Waals surface area contributed by atoms with Crippen molar-refractivity contribution in [3.05, 3.63) is 0 Å². The second-order valence-electron chi connectivity index (χ2n) is 3.34. The summed E-state index contributed by atoms with van der Waals surface area (Å²) in [5.74, 6) is 1.15. The first-order valence-electron chi connectivity index (χ1n) is 4.14. The van der Waals surface area contributed by atoms with Gasteiger partial charge in [0.1, 0.15) is 5.78 Å². The molecular formula is C8H14ClNO. The highest BCUT2D eigenvalue weighted by Crippen LogP contribution is 2.34. The average Bonchev–Trinajstić information content (AvgIpc) is 2.71. The molecule has 3 heteroatoms. The Morgan fingerprint density at radius 1 is 1.36 bits per heavy atom. The summed E-state index contributed by atoms with van der Waals surface area (Å²) in [5.41, 5.74) is 0. The third-order valence-electron chi connectivity index (χ3n) is 2.40. The van der Waals surface area contributed by atoms with E-state index in [1.165, 1.54) is 12.8 Å². The lowest BCUT2D eigenvalue weighted by molar-refractivity contribution is -0.122. The molecule has 0 radical (unpaired) electrons. The summed E-state index contributed by atoms with van der Waals surface area (Å²) in [6.07, 6.45) is 4.39. The van der Waals surface area contributed by atoms with Crippen molar-refractivity contribution < 1.29 is 4.79 Å². The van der Waals surface area contributed by atoms with Crippen LogP contribution in [0.2, 0.25) is 0 Å². The van der Waals surface area contributed by atoms with E-state index >= 15 is 0 Å². The lowest BCUT2D eigenvalue weighted by Crippen LogP contribution is -2.43. The number of ketones is 1. The number of nitrogens with one attached hydrogen (secondary N) is 1. The number of hydrogen-bond donors (Lipinski definition) is 1. The normalized spacial score (nSPS) is 31.3. The largest absolute Gasteiger partial charge is 0.307 e. The topological polar surface area (TPSA) is 29.1 Å². The van der Waals surface area contributed by atoms with Crippen LogP contribution >= 0.6 is 12.4 Å². The molecule has 2 rings (SSSR count). The summed E-state index contributed by atoms with van der Waals surface area (Å²) in [7, 11) is 0. The molecule has 0 amide bonds. The van der Waals surface area contributed by atoms with Gasteiger partial charge in [0.05, 0.1) is 6.04 Å². The summed E-state index contributed by atoms with van der Waals surface area (Å²) in [6, 6.07) is 0.244. The van der Waals surface area contributed by atoms with Crippen molar-refractivity contribution in [3.8, 4) is 0 Å². The quantitative estimate of drug-likeness (QED) is 0.648. The van der Waals surface area contributed by atoms with E-state index in [9.17, 15) is 4.79 Å². The molecule has 1 aliphatic heterocycles. The molecule has 1 saturated heterocycles. The Morgan fingerprint density at radius 2 is 2.09 bits per heavy atom. The highest BCUT2D eigenvalue weighted by molar-refractivity contribution is 5.85. The molecule has 2 fully saturated rings. The Balaban J connectivity index is 0.000000605. The number of piperidine rings is 1. The van der Waals surface area contributed by atoms with Gasteiger partial charge in [-0.25, -0.2) is 0 Å². The van der Waals surface area contributed by atoms with Crippen molar-refractivity contribution in [1.82, 2.24) is 5.32 Å². The van der Waals surface area contributed by atoms with Gasteiger partial charge in [-0.3, -0.25) is 4.79 Å². The minimum atomic E-state index is 0. The Morgan fingerprint density at radius 3 is 2.64 bits per heavy atom. The van der Waals surface area contributed by atoms with Crippen LogP contribution < -0.4 is 5.32 Å². The summed E-state index contributed by atoms with van der Waals surface area (Å²) in [5, 5.41) is 3.28. The SMILES string of the molecule is Cl.O=C1CCCNC1C1CC1. The first kappa shape index (κ1) is 9.01. The van der Waals surface area contributed by atoms with Crippen LogP contribution in [0.4, 0.5) is 0 Å². The maximum Gasteiger partial charge on any atom is 0.150 e. The molecule has 1 unspecified atom stereocenters. The highest BCUT2D eigenvalue weighted by Gasteiger charge is 2.36. The van der Waals surface area contributed by atoms with Gasteiger partial charge in [-0.15, -0.1) is 12.4 Å². The van der Waals surface area contributed by atoms with E-state index in [1.807, 2.05) is 0 Å². The van der Waals surface area contributed by atoms with Gasteiger partial charge in [0.2, 0.25) is 0 Å². The first-order chi connectivity index (χ1) is 4.88. The molecule has 1 N–H and O–H groups in total. The van der Waals surface area contributed by atoms with Gasteiger partial charge in [-0.2, -0.15) is 0 Å². The Kier molecular flexibility index (Phi) is 2.90. The molecule has 64 valence electrons. The Hall–Kier alpha value is -0.0800. The number of carbonyl (C=O) groups excluding carboxylic acids is 1. The molecule has 0 spiro atoms. The first-order valence-corrected chi connectivity index (χ1v) is 4.14. The van der Waals surface area contributed by atoms with E-state index < -0.39 is 0 Å². The van der Waals surface area contributed by atoms with Crippen LogP contribution in [0, 0.1) is 5.92 Å². The predicted molar refractivity (Wildman–Crippen MR) is 46.0 cm³/mol. The van der Waals surface area contributed by atoms with E-state index in [0.29, 0.717) is 11.7 Å². The van der Waals surface area contributed by atoms with Crippen LogP contribution in [-0.4, -0.2) is 18.4 Å². The number of rotatable bonds is 1. The minimum Gasteiger partial charge on any atom is -0.307 e. The van der Waals surface area contributed by atoms with E-state index in [2.05, 4.69) is 5.32 Å². The molecule has 2 nitrogen and oxygen atoms in total. The summed E-state index contributed by atoms with van der Waals surface area (Å²) < 4.78 is 0. The zero-order chi connectivity index (χ0) is 6.97. The van der Waals surface area contributed by atoms with Crippen LogP contribution in [-0.2, 0) is 4.79 Å². The number of carbonyl (C=O) groups is 1. The third-order valence-corrected chi connectivity index (χ3v) is 2.40. The maximum atomic E-state index is 11.2. The van der Waals surface area contributed by atoms with Crippen molar-refractivity contribution in [2.45, 2.75) is 31.7 Å². The van der Waals surface area contributed by atoms with Gasteiger partial charge in [0.15, 0.2) is 0 Å². The zero-order valence-electron chi connectivity index (χ0n) is 6.51. The van der Waals surface area contributed by atoms with Crippen molar-refractivity contribution in [2.24, 2.45) is 5.92 Å². The number of halogens is 1. The number of Topliss-reactive ketones (excluding diaryl/α,β-unsaturated/α-hetero) is 1. The second kappa shape index (κ2) is 3.55. The van der Waals surface area contributed by atoms with Gasteiger partial charge in [-0.05, 0) is 31.7 Å². The molecular weight excluding hydrogens is 162 g/mol. The van der Waals surface area contributed by atoms with E-state index in [1.54, 1.807) is 0 Å². The molecule has 2 aliphatic rings. The van der Waals surface area contributed by atoms with Crippen molar-refractivity contribution >= 4 is 18.2 Å². The van der Waals surface area contributed by atoms with Crippen molar-refractivity contribution in [3.63, 3.8) is 0 Å². The van der Waals surface area contributed by atoms with Gasteiger partial charge in [0, 0.05) is 6.42 Å². The van der Waals surface area contributed by atoms with Gasteiger partial charge in [-0.1, -0.05) is 0 Å². The minimum absolute atomic E-state index is 0. The number of hydrogen-bond acceptors (Lipinski definition) is 2. The lowest BCUT2D eigenvalue weighted by Gasteiger charge is -2.21. The van der Waals surface area contributed by atoms with Crippen LogP contribution in [0.3, 0.4) is 0 Å².